The van der Waals surface area contributed by atoms with Gasteiger partial charge in [0.1, 0.15) is 0 Å². The van der Waals surface area contributed by atoms with Crippen LogP contribution in [0.1, 0.15) is 19.4 Å². The molecule has 0 saturated carbocycles. The lowest BCUT2D eigenvalue weighted by Crippen LogP contribution is -2.37. The van der Waals surface area contributed by atoms with Gasteiger partial charge in [-0.05, 0) is 17.5 Å². The first-order chi connectivity index (χ1) is 10.5. The highest BCUT2D eigenvalue weighted by atomic mass is 16.5. The smallest absolute Gasteiger partial charge is 0.253 e. The Hall–Kier alpha value is -2.14. The van der Waals surface area contributed by atoms with E-state index in [-0.39, 0.29) is 17.4 Å². The maximum atomic E-state index is 12.3. The summed E-state index contributed by atoms with van der Waals surface area (Å²) in [6.45, 7) is 4.92. The molecule has 1 aromatic carbocycles. The Balaban J connectivity index is 2.30. The van der Waals surface area contributed by atoms with E-state index in [1.54, 1.807) is 12.0 Å². The summed E-state index contributed by atoms with van der Waals surface area (Å²) >= 11 is 0. The molecule has 0 spiro atoms. The Morgan fingerprint density at radius 1 is 1.32 bits per heavy atom. The zero-order valence-electron chi connectivity index (χ0n) is 13.3. The van der Waals surface area contributed by atoms with E-state index in [4.69, 9.17) is 4.74 Å². The van der Waals surface area contributed by atoms with Crippen molar-refractivity contribution in [3.63, 3.8) is 0 Å². The van der Waals surface area contributed by atoms with E-state index in [0.29, 0.717) is 25.3 Å². The molecule has 5 heteroatoms. The maximum absolute atomic E-state index is 12.3. The lowest BCUT2D eigenvalue weighted by molar-refractivity contribution is -0.135. The molecule has 0 aliphatic rings. The molecule has 0 aliphatic carbocycles. The summed E-state index contributed by atoms with van der Waals surface area (Å²) in [5.41, 5.74) is 1.23. The normalized spacial score (nSPS) is 11.1. The van der Waals surface area contributed by atoms with Crippen molar-refractivity contribution in [3.8, 4) is 0 Å². The van der Waals surface area contributed by atoms with Crippen molar-refractivity contribution < 1.29 is 9.53 Å². The molecule has 0 saturated heterocycles. The molecule has 1 heterocycles. The molecule has 0 radical (unpaired) electrons. The van der Waals surface area contributed by atoms with Crippen molar-refractivity contribution in [2.24, 2.45) is 5.92 Å². The second kappa shape index (κ2) is 7.22. The minimum atomic E-state index is -0.155. The monoisotopic (exact) mass is 302 g/mol. The van der Waals surface area contributed by atoms with Gasteiger partial charge in [-0.25, -0.2) is 0 Å². The second-order valence-electron chi connectivity index (χ2n) is 5.62. The molecule has 0 atom stereocenters. The molecular weight excluding hydrogens is 280 g/mol. The number of hydrogen-bond acceptors (Lipinski definition) is 3. The van der Waals surface area contributed by atoms with Gasteiger partial charge in [-0.1, -0.05) is 32.0 Å². The van der Waals surface area contributed by atoms with Crippen LogP contribution in [0.15, 0.2) is 35.1 Å². The Kier molecular flexibility index (Phi) is 5.33. The van der Waals surface area contributed by atoms with Gasteiger partial charge in [0, 0.05) is 30.7 Å². The van der Waals surface area contributed by atoms with Crippen LogP contribution in [0.4, 0.5) is 0 Å². The number of amides is 1. The summed E-state index contributed by atoms with van der Waals surface area (Å²) in [5, 5.41) is 0.959. The van der Waals surface area contributed by atoms with Crippen LogP contribution in [-0.2, 0) is 16.1 Å². The number of rotatable bonds is 6. The summed E-state index contributed by atoms with van der Waals surface area (Å²) < 4.78 is 5.06. The van der Waals surface area contributed by atoms with Crippen molar-refractivity contribution in [3.05, 3.63) is 46.2 Å². The van der Waals surface area contributed by atoms with Crippen LogP contribution in [0.3, 0.4) is 0 Å². The van der Waals surface area contributed by atoms with Crippen LogP contribution in [0.5, 0.6) is 0 Å². The number of nitrogens with zero attached hydrogens (tertiary/aromatic N) is 1. The van der Waals surface area contributed by atoms with Crippen LogP contribution in [0.25, 0.3) is 10.9 Å². The first kappa shape index (κ1) is 16.2. The van der Waals surface area contributed by atoms with Crippen molar-refractivity contribution in [2.45, 2.75) is 20.4 Å². The fraction of sp³-hybridized carbons (Fsp3) is 0.412. The van der Waals surface area contributed by atoms with Crippen molar-refractivity contribution >= 4 is 16.8 Å². The molecule has 5 nitrogen and oxygen atoms in total. The Morgan fingerprint density at radius 3 is 2.73 bits per heavy atom. The fourth-order valence-electron chi connectivity index (χ4n) is 2.35. The van der Waals surface area contributed by atoms with Crippen LogP contribution in [0, 0.1) is 5.92 Å². The number of para-hydroxylation sites is 1. The lowest BCUT2D eigenvalue weighted by atomic mass is 10.1. The van der Waals surface area contributed by atoms with E-state index >= 15 is 0 Å². The van der Waals surface area contributed by atoms with Crippen LogP contribution in [-0.4, -0.2) is 36.1 Å². The average molecular weight is 302 g/mol. The van der Waals surface area contributed by atoms with E-state index in [1.807, 2.05) is 44.2 Å². The summed E-state index contributed by atoms with van der Waals surface area (Å²) in [7, 11) is 1.60. The summed E-state index contributed by atoms with van der Waals surface area (Å²) in [6, 6.07) is 9.46. The van der Waals surface area contributed by atoms with Gasteiger partial charge in [0.2, 0.25) is 5.91 Å². The van der Waals surface area contributed by atoms with Gasteiger partial charge in [0.05, 0.1) is 13.2 Å². The average Bonchev–Trinajstić information content (AvgIpc) is 2.50. The van der Waals surface area contributed by atoms with Crippen LogP contribution < -0.4 is 5.56 Å². The number of H-pyrrole nitrogens is 1. The van der Waals surface area contributed by atoms with Crippen molar-refractivity contribution in [1.82, 2.24) is 9.88 Å². The van der Waals surface area contributed by atoms with Gasteiger partial charge < -0.3 is 14.6 Å². The first-order valence-corrected chi connectivity index (χ1v) is 7.41. The van der Waals surface area contributed by atoms with E-state index in [2.05, 4.69) is 4.98 Å². The van der Waals surface area contributed by atoms with Crippen LogP contribution in [0.2, 0.25) is 0 Å². The third kappa shape index (κ3) is 3.74. The number of carbonyl (C=O) groups excluding carboxylic acids is 1. The molecule has 1 N–H and O–H groups in total. The number of aromatic nitrogens is 1. The predicted molar refractivity (Wildman–Crippen MR) is 86.7 cm³/mol. The van der Waals surface area contributed by atoms with Gasteiger partial charge in [-0.15, -0.1) is 0 Å². The van der Waals surface area contributed by atoms with Crippen molar-refractivity contribution in [1.29, 1.82) is 0 Å². The van der Waals surface area contributed by atoms with Gasteiger partial charge >= 0.3 is 0 Å². The number of carbonyl (C=O) groups is 1. The lowest BCUT2D eigenvalue weighted by Gasteiger charge is -2.24. The SMILES string of the molecule is COCCN(Cc1cc2ccccc2[nH]c1=O)C(=O)C(C)C. The topological polar surface area (TPSA) is 62.4 Å². The minimum Gasteiger partial charge on any atom is -0.383 e. The summed E-state index contributed by atoms with van der Waals surface area (Å²) in [4.78, 5) is 29.0. The second-order valence-corrected chi connectivity index (χ2v) is 5.62. The Bertz CT molecular complexity index is 706. The first-order valence-electron chi connectivity index (χ1n) is 7.41. The number of benzene rings is 1. The van der Waals surface area contributed by atoms with E-state index < -0.39 is 0 Å². The molecule has 0 aliphatic heterocycles. The van der Waals surface area contributed by atoms with E-state index in [0.717, 1.165) is 10.9 Å². The molecular formula is C17H22N2O3. The zero-order chi connectivity index (χ0) is 16.1. The minimum absolute atomic E-state index is 0.0182. The third-order valence-electron chi connectivity index (χ3n) is 3.56. The number of nitrogens with one attached hydrogen (secondary N) is 1. The highest BCUT2D eigenvalue weighted by Crippen LogP contribution is 2.12. The molecule has 2 aromatic rings. The molecule has 0 fully saturated rings. The molecule has 118 valence electrons. The van der Waals surface area contributed by atoms with Gasteiger partial charge in [0.25, 0.3) is 5.56 Å². The highest BCUT2D eigenvalue weighted by Gasteiger charge is 2.18. The molecule has 1 amide bonds. The van der Waals surface area contributed by atoms with Gasteiger partial charge in [-0.3, -0.25) is 9.59 Å². The largest absolute Gasteiger partial charge is 0.383 e. The zero-order valence-corrected chi connectivity index (χ0v) is 13.3. The standard InChI is InChI=1S/C17H22N2O3/c1-12(2)17(21)19(8-9-22-3)11-14-10-13-6-4-5-7-15(13)18-16(14)20/h4-7,10,12H,8-9,11H2,1-3H3,(H,18,20). The molecule has 1 aromatic heterocycles. The predicted octanol–water partition coefficient (Wildman–Crippen LogP) is 2.16. The maximum Gasteiger partial charge on any atom is 0.253 e. The highest BCUT2D eigenvalue weighted by molar-refractivity contribution is 5.80. The Morgan fingerprint density at radius 2 is 2.05 bits per heavy atom. The van der Waals surface area contributed by atoms with Crippen molar-refractivity contribution in [2.75, 3.05) is 20.3 Å². The molecule has 0 unspecified atom stereocenters. The number of methoxy groups -OCH3 is 1. The number of pyridine rings is 1. The number of ether oxygens (including phenoxy) is 1. The molecule has 2 rings (SSSR count). The van der Waals surface area contributed by atoms with Gasteiger partial charge in [-0.2, -0.15) is 0 Å². The number of hydrogen-bond donors (Lipinski definition) is 1. The molecule has 0 bridgehead atoms. The number of aromatic amines is 1. The quantitative estimate of drug-likeness (QED) is 0.889. The fourth-order valence-corrected chi connectivity index (χ4v) is 2.35. The summed E-state index contributed by atoms with van der Waals surface area (Å²) in [6.07, 6.45) is 0. The van der Waals surface area contributed by atoms with Gasteiger partial charge in [0.15, 0.2) is 0 Å². The summed E-state index contributed by atoms with van der Waals surface area (Å²) in [5.74, 6) is -0.0963. The number of fused-ring (bicyclic) bond motifs is 1. The van der Waals surface area contributed by atoms with Crippen LogP contribution >= 0.6 is 0 Å². The molecule has 22 heavy (non-hydrogen) atoms. The van der Waals surface area contributed by atoms with E-state index in [9.17, 15) is 9.59 Å². The Labute approximate surface area is 129 Å². The third-order valence-corrected chi connectivity index (χ3v) is 3.56. The van der Waals surface area contributed by atoms with E-state index in [1.165, 1.54) is 0 Å².